The van der Waals surface area contributed by atoms with E-state index in [1.165, 1.54) is 125 Å². The number of nitrogens with one attached hydrogen (secondary N) is 11. The first-order valence-corrected chi connectivity index (χ1v) is 42.9. The van der Waals surface area contributed by atoms with Gasteiger partial charge >= 0.3 is 93.0 Å². The number of carbonyl (C=O) groups excluding carboxylic acids is 11. The average molecular weight is 2060 g/mol. The molecule has 0 saturated carbocycles. The Kier molecular flexibility index (Phi) is 51.6. The summed E-state index contributed by atoms with van der Waals surface area (Å²) in [6.45, 7) is 6.29. The number of aromatic nitrogens is 6. The molecule has 12 amide bonds. The summed E-state index contributed by atoms with van der Waals surface area (Å²) in [6, 6.07) is 36.3. The van der Waals surface area contributed by atoms with Crippen LogP contribution in [-0.2, 0) is 36.8 Å². The second kappa shape index (κ2) is 60.1. The Morgan fingerprint density at radius 3 is 1.24 bits per heavy atom. The summed E-state index contributed by atoms with van der Waals surface area (Å²) < 4.78 is 70.8. The maximum atomic E-state index is 14.7. The number of hydrogen-bond donors (Lipinski definition) is 14. The molecule has 2 saturated heterocycles. The molecule has 2 aliphatic rings. The van der Waals surface area contributed by atoms with Crippen LogP contribution in [-0.4, -0.2) is 175 Å². The van der Waals surface area contributed by atoms with Crippen LogP contribution in [0.15, 0.2) is 195 Å². The number of anilines is 4. The van der Waals surface area contributed by atoms with Crippen LogP contribution in [0.4, 0.5) is 49.9 Å². The molecule has 6 aromatic heterocycles. The third-order valence-electron chi connectivity index (χ3n) is 17.3. The smallest absolute Gasteiger partial charge is 0.855 e. The number of H-pyrrole nitrogens is 2. The Labute approximate surface area is 883 Å². The van der Waals surface area contributed by atoms with Crippen LogP contribution < -0.4 is 165 Å². The van der Waals surface area contributed by atoms with Gasteiger partial charge in [0.25, 0.3) is 35.4 Å². The van der Waals surface area contributed by atoms with Crippen LogP contribution in [0.25, 0.3) is 21.8 Å². The second-order valence-electron chi connectivity index (χ2n) is 28.6. The number of benzene rings is 6. The Morgan fingerprint density at radius 1 is 0.514 bits per heavy atom. The number of aromatic hydroxyl groups is 1. The van der Waals surface area contributed by atoms with Crippen LogP contribution >= 0.6 is 69.6 Å². The van der Waals surface area contributed by atoms with Crippen molar-refractivity contribution in [2.75, 3.05) is 75.2 Å². The Balaban J connectivity index is 0.000000355. The Morgan fingerprint density at radius 2 is 0.884 bits per heavy atom. The zero-order valence-electron chi connectivity index (χ0n) is 75.6. The average Bonchev–Trinajstić information content (AvgIpc) is 1.64. The quantitative estimate of drug-likeness (QED) is 0.00558. The number of halogens is 10. The number of phenols is 1. The molecule has 720 valence electrons. The molecule has 2 aliphatic heterocycles. The van der Waals surface area contributed by atoms with E-state index in [2.05, 4.69) is 77.8 Å². The third kappa shape index (κ3) is 40.0. The van der Waals surface area contributed by atoms with Crippen molar-refractivity contribution in [2.45, 2.75) is 77.5 Å². The number of nitrogens with two attached hydrogens (primary N) is 2. The van der Waals surface area contributed by atoms with Gasteiger partial charge in [-0.1, -0.05) is 86.8 Å². The van der Waals surface area contributed by atoms with E-state index in [0.717, 1.165) is 56.0 Å². The van der Waals surface area contributed by atoms with Gasteiger partial charge in [-0.3, -0.25) is 73.3 Å². The molecule has 2 unspecified atom stereocenters. The fraction of sp³-hybridized carbons (Fsp3) is 0.220. The first kappa shape index (κ1) is 118. The molecule has 16 N–H and O–H groups in total. The van der Waals surface area contributed by atoms with Crippen LogP contribution in [0, 0.1) is 23.3 Å². The van der Waals surface area contributed by atoms with Crippen molar-refractivity contribution < 1.29 is 181 Å². The minimum atomic E-state index is -0.790. The van der Waals surface area contributed by atoms with Crippen molar-refractivity contribution in [3.63, 3.8) is 0 Å². The van der Waals surface area contributed by atoms with Crippen LogP contribution in [0.1, 0.15) is 100 Å². The molecule has 47 heteroatoms. The molecule has 2 atom stereocenters. The number of nitrogen functional groups attached to an aromatic ring is 2. The van der Waals surface area contributed by atoms with Crippen molar-refractivity contribution in [1.29, 1.82) is 0 Å². The van der Waals surface area contributed by atoms with Crippen molar-refractivity contribution >= 4 is 179 Å². The number of fused-ring (bicyclic) bond motifs is 2. The summed E-state index contributed by atoms with van der Waals surface area (Å²) in [5.41, 5.74) is 14.0. The molecule has 35 nitrogen and oxygen atoms in total. The first-order valence-electron chi connectivity index (χ1n) is 40.3. The van der Waals surface area contributed by atoms with Gasteiger partial charge in [0.2, 0.25) is 17.1 Å². The molecule has 2 fully saturated rings. The van der Waals surface area contributed by atoms with E-state index < -0.39 is 70.7 Å². The van der Waals surface area contributed by atoms with Crippen molar-refractivity contribution in [3.05, 3.63) is 267 Å². The van der Waals surface area contributed by atoms with E-state index in [0.29, 0.717) is 50.3 Å². The molecule has 14 rings (SSSR count). The molecule has 0 bridgehead atoms. The number of urea groups is 2. The number of phenolic OH excluding ortho intramolecular Hbond substituents is 1. The number of imide groups is 2. The van der Waals surface area contributed by atoms with E-state index in [4.69, 9.17) is 105 Å². The van der Waals surface area contributed by atoms with Crippen molar-refractivity contribution in [3.8, 4) is 40.2 Å². The van der Waals surface area contributed by atoms with Crippen molar-refractivity contribution in [2.24, 2.45) is 0 Å². The number of amides is 12. The van der Waals surface area contributed by atoms with Crippen LogP contribution in [0.5, 0.6) is 40.2 Å². The monoisotopic (exact) mass is 2060 g/mol. The van der Waals surface area contributed by atoms with Gasteiger partial charge in [0.1, 0.15) is 98.4 Å². The minimum absolute atomic E-state index is 0. The van der Waals surface area contributed by atoms with E-state index in [1.807, 2.05) is 24.4 Å². The van der Waals surface area contributed by atoms with Gasteiger partial charge in [0, 0.05) is 174 Å². The summed E-state index contributed by atoms with van der Waals surface area (Å²) in [6.07, 6.45) is 10.1. The Hall–Kier alpha value is -11.8. The zero-order valence-corrected chi connectivity index (χ0v) is 85.3. The summed E-state index contributed by atoms with van der Waals surface area (Å²) in [4.78, 5) is 150. The summed E-state index contributed by atoms with van der Waals surface area (Å²) in [5.74, 6) is -3.56. The molecule has 0 aliphatic carbocycles. The maximum Gasteiger partial charge on any atom is 1.00 e. The fourth-order valence-electron chi connectivity index (χ4n) is 11.1. The molecule has 138 heavy (non-hydrogen) atoms. The van der Waals surface area contributed by atoms with E-state index in [-0.39, 0.29) is 223 Å². The SMILES string of the molecule is CC(C)(C)[O-].CC[O-].CNC(=O)c1cc(Cl)ccn1.CNC(=O)c1cc(Oc2ccc(N)c(F)c2)ccn1.CNC(=O)c1cc(Oc2ccc(NC(=O)CCCl)c(F)c2)ccn1.CNC(=O)c1cc(Oc2ccc(NC(=O)CCN3C(=O)NC(Cc4c[nH]c5c(Cl)cccc45)C3=O)c(F)c2)ccn1.Nc1ccc(O)cc1F.O=C(Cl)CCCl.O=C1NC(=O)C(Cc2c[nH]c3c(Cl)cccc23)N1.[K+].[Na+]. The molecule has 0 spiro atoms. The van der Waals surface area contributed by atoms with Crippen LogP contribution in [0.2, 0.25) is 15.1 Å². The first-order chi connectivity index (χ1) is 64.6. The number of nitrogens with zero attached hydrogens (tertiary/aromatic N) is 5. The third-order valence-corrected chi connectivity index (χ3v) is 18.8. The van der Waals surface area contributed by atoms with Gasteiger partial charge in [-0.05, 0) is 114 Å². The fourth-order valence-corrected chi connectivity index (χ4v) is 12.3. The zero-order chi connectivity index (χ0) is 100. The topological polar surface area (TPSA) is 528 Å². The normalized spacial score (nSPS) is 12.3. The van der Waals surface area contributed by atoms with Gasteiger partial charge in [0.05, 0.1) is 43.8 Å². The van der Waals surface area contributed by atoms with E-state index >= 15 is 0 Å². The number of rotatable bonds is 23. The summed E-state index contributed by atoms with van der Waals surface area (Å²) >= 11 is 33.3. The summed E-state index contributed by atoms with van der Waals surface area (Å²) in [7, 11) is 6.01. The van der Waals surface area contributed by atoms with Gasteiger partial charge < -0.3 is 93.5 Å². The molecule has 12 aromatic rings. The largest absolute Gasteiger partial charge is 1.00 e. The number of aromatic amines is 2. The van der Waals surface area contributed by atoms with E-state index in [1.54, 1.807) is 83.4 Å². The van der Waals surface area contributed by atoms with Gasteiger partial charge in [-0.2, -0.15) is 0 Å². The number of hydrogen-bond acceptors (Lipinski definition) is 23. The molecular formula is C91H92Cl6F4KN18NaO17. The minimum Gasteiger partial charge on any atom is -0.855 e. The number of para-hydroxylation sites is 2. The predicted octanol–water partition coefficient (Wildman–Crippen LogP) is 7.57. The standard InChI is InChI=1S/C28H24ClFN6O5.C16H15ClFN3O3.C13H12FN3O2.C12H10ClN3O2.C7H7ClN2O.C6H6FNO.C4H9O.C3H4Cl2O.C2H5O.K.Na/c1-31-26(38)22-13-17(7-9-32-22)41-16-5-6-21(20(30)12-16)34-24(37)8-10-36-27(39)23(35-28(36)40)11-15-14-33-25-18(15)3-2-4-19(25)29;1-19-16(23)14-9-11(5-7-20-14)24-10-2-3-13(12(18)8-10)21-15(22)4-6-17;1-16-13(18)12-7-9(4-5-17-12)19-8-2-3-11(15)10(14)6-8;13-8-3-1-2-7-6(5-14-10(7)8)4-9-11(17)16-12(18)15-9;1-9-7(11)6-4-5(8)2-3-10-6;7-5-3-4(9)1-2-6(5)8;1-4(2,3)5;4-2-1-3(5)6;1-2-3;;/h2-7,9,12-14,23,33H,8,10-11H2,1H3,(H,31,38)(H,34,37)(H,35,40);2-3,5,7-9H,4,6H2,1H3,(H,19,23)(H,21,22);2-7H,15H2,1H3,(H,16,18);1-3,5,9,14H,4H2,(H2,15,16,17,18);2-4H,1H3,(H,9,11);1-3,9H,8H2;1-3H3;1-2H2;2H2,1H3;;/q;;;;;;-1;;-1;2*+1. The molecule has 0 radical (unpaired) electrons. The number of carbonyl (C=O) groups is 11. The molecule has 6 aromatic carbocycles. The molecule has 8 heterocycles. The van der Waals surface area contributed by atoms with Crippen LogP contribution in [0.3, 0.4) is 0 Å². The maximum absolute atomic E-state index is 14.7. The van der Waals surface area contributed by atoms with E-state index in [9.17, 15) is 75.4 Å². The number of ether oxygens (including phenoxy) is 3. The van der Waals surface area contributed by atoms with Gasteiger partial charge in [-0.15, -0.1) is 35.4 Å². The number of pyridine rings is 4. The van der Waals surface area contributed by atoms with Gasteiger partial charge in [0.15, 0.2) is 0 Å². The predicted molar refractivity (Wildman–Crippen MR) is 504 cm³/mol. The van der Waals surface area contributed by atoms with Crippen molar-refractivity contribution in [1.82, 2.24) is 72.0 Å². The van der Waals surface area contributed by atoms with Gasteiger partial charge in [-0.25, -0.2) is 27.2 Å². The Bertz CT molecular complexity index is 6190. The molecular weight excluding hydrogens is 1970 g/mol. The second-order valence-corrected chi connectivity index (χ2v) is 31.1. The number of alkyl halides is 2. The summed E-state index contributed by atoms with van der Waals surface area (Å²) in [5, 5.41) is 52.9.